The van der Waals surface area contributed by atoms with E-state index in [9.17, 15) is 9.18 Å². The Morgan fingerprint density at radius 3 is 2.53 bits per heavy atom. The first-order valence-electron chi connectivity index (χ1n) is 11.6. The average Bonchev–Trinajstić information content (AvgIpc) is 3.21. The molecule has 0 aliphatic rings. The summed E-state index contributed by atoms with van der Waals surface area (Å²) in [6, 6.07) is 6.67. The molecule has 0 saturated heterocycles. The van der Waals surface area contributed by atoms with Crippen molar-refractivity contribution in [3.63, 3.8) is 0 Å². The standard InChI is InChI=1S/C23H30F2N6O.C2H6/c1-16-4-5-19(18(24)12-16)29-22-17(13-20-23(21(22)25)28-14-30(20)3)6-7-27-9-11-31(15-32)10-8-26-2;1-2/h4-5,12-15,26-27,29H,6-11H2,1-3H3;1-2H3. The van der Waals surface area contributed by atoms with E-state index in [1.807, 2.05) is 34.0 Å². The summed E-state index contributed by atoms with van der Waals surface area (Å²) in [5, 5.41) is 9.25. The quantitative estimate of drug-likeness (QED) is 0.276. The van der Waals surface area contributed by atoms with Crippen LogP contribution >= 0.6 is 0 Å². The number of carbonyl (C=O) groups is 1. The molecule has 0 spiro atoms. The highest BCUT2D eigenvalue weighted by molar-refractivity contribution is 5.84. The molecule has 1 aromatic heterocycles. The monoisotopic (exact) mass is 474 g/mol. The van der Waals surface area contributed by atoms with Crippen LogP contribution in [0.3, 0.4) is 0 Å². The topological polar surface area (TPSA) is 74.2 Å². The van der Waals surface area contributed by atoms with E-state index in [4.69, 9.17) is 0 Å². The van der Waals surface area contributed by atoms with Gasteiger partial charge in [0.05, 0.1) is 23.2 Å². The maximum absolute atomic E-state index is 15.4. The smallest absolute Gasteiger partial charge is 0.209 e. The van der Waals surface area contributed by atoms with Crippen molar-refractivity contribution in [3.8, 4) is 0 Å². The third-order valence-corrected chi connectivity index (χ3v) is 5.37. The predicted octanol–water partition coefficient (Wildman–Crippen LogP) is 3.74. The zero-order chi connectivity index (χ0) is 25.1. The number of hydrogen-bond acceptors (Lipinski definition) is 5. The first-order chi connectivity index (χ1) is 16.4. The lowest BCUT2D eigenvalue weighted by Gasteiger charge is -2.18. The van der Waals surface area contributed by atoms with E-state index in [1.54, 1.807) is 34.9 Å². The highest BCUT2D eigenvalue weighted by Crippen LogP contribution is 2.31. The van der Waals surface area contributed by atoms with Crippen LogP contribution in [0, 0.1) is 18.6 Å². The minimum atomic E-state index is -0.503. The van der Waals surface area contributed by atoms with Gasteiger partial charge in [0.25, 0.3) is 0 Å². The van der Waals surface area contributed by atoms with Gasteiger partial charge in [-0.3, -0.25) is 4.79 Å². The number of anilines is 2. The van der Waals surface area contributed by atoms with Gasteiger partial charge in [0.2, 0.25) is 6.41 Å². The van der Waals surface area contributed by atoms with Crippen LogP contribution in [-0.4, -0.2) is 60.6 Å². The van der Waals surface area contributed by atoms with Gasteiger partial charge < -0.3 is 25.4 Å². The fourth-order valence-corrected chi connectivity index (χ4v) is 3.51. The van der Waals surface area contributed by atoms with E-state index in [-0.39, 0.29) is 16.9 Å². The molecule has 0 radical (unpaired) electrons. The number of rotatable bonds is 12. The molecule has 0 unspecified atom stereocenters. The molecule has 0 saturated carbocycles. The Morgan fingerprint density at radius 1 is 1.12 bits per heavy atom. The number of nitrogens with one attached hydrogen (secondary N) is 3. The Balaban J connectivity index is 0.00000199. The Labute approximate surface area is 200 Å². The second-order valence-corrected chi connectivity index (χ2v) is 7.80. The number of imidazole rings is 1. The summed E-state index contributed by atoms with van der Waals surface area (Å²) in [6.07, 6.45) is 2.92. The van der Waals surface area contributed by atoms with Gasteiger partial charge in [0.1, 0.15) is 11.3 Å². The zero-order valence-corrected chi connectivity index (χ0v) is 20.7. The lowest BCUT2D eigenvalue weighted by Crippen LogP contribution is -2.35. The summed E-state index contributed by atoms with van der Waals surface area (Å²) >= 11 is 0. The number of aromatic nitrogens is 2. The van der Waals surface area contributed by atoms with E-state index in [2.05, 4.69) is 20.9 Å². The Morgan fingerprint density at radius 2 is 1.85 bits per heavy atom. The molecule has 2 aromatic carbocycles. The van der Waals surface area contributed by atoms with Gasteiger partial charge in [-0.1, -0.05) is 19.9 Å². The van der Waals surface area contributed by atoms with Gasteiger partial charge in [0, 0.05) is 33.2 Å². The zero-order valence-electron chi connectivity index (χ0n) is 20.7. The Hall–Kier alpha value is -3.04. The first kappa shape index (κ1) is 27.2. The van der Waals surface area contributed by atoms with Gasteiger partial charge in [-0.2, -0.15) is 0 Å². The maximum Gasteiger partial charge on any atom is 0.209 e. The molecular weight excluding hydrogens is 438 g/mol. The van der Waals surface area contributed by atoms with Gasteiger partial charge in [-0.25, -0.2) is 13.8 Å². The molecular formula is C25H36F2N6O. The summed E-state index contributed by atoms with van der Waals surface area (Å²) in [7, 11) is 3.65. The van der Waals surface area contributed by atoms with Crippen LogP contribution in [0.2, 0.25) is 0 Å². The number of hydrogen-bond donors (Lipinski definition) is 3. The summed E-state index contributed by atoms with van der Waals surface area (Å²) in [5.74, 6) is -0.942. The number of aryl methyl sites for hydroxylation is 2. The summed E-state index contributed by atoms with van der Waals surface area (Å²) < 4.78 is 31.5. The fraction of sp³-hybridized carbons (Fsp3) is 0.440. The Bertz CT molecular complexity index is 1070. The second kappa shape index (κ2) is 13.6. The fourth-order valence-electron chi connectivity index (χ4n) is 3.51. The number of halogens is 2. The van der Waals surface area contributed by atoms with Crippen molar-refractivity contribution in [1.29, 1.82) is 0 Å². The number of nitrogens with zero attached hydrogens (tertiary/aromatic N) is 3. The maximum atomic E-state index is 15.4. The van der Waals surface area contributed by atoms with Gasteiger partial charge >= 0.3 is 0 Å². The van der Waals surface area contributed by atoms with Crippen LogP contribution in [0.25, 0.3) is 11.0 Å². The molecule has 0 aliphatic carbocycles. The second-order valence-electron chi connectivity index (χ2n) is 7.80. The molecule has 1 heterocycles. The molecule has 186 valence electrons. The molecule has 0 bridgehead atoms. The normalized spacial score (nSPS) is 10.7. The van der Waals surface area contributed by atoms with Crippen molar-refractivity contribution >= 4 is 28.8 Å². The molecule has 0 aliphatic heterocycles. The minimum absolute atomic E-state index is 0.213. The van der Waals surface area contributed by atoms with Crippen LogP contribution in [0.5, 0.6) is 0 Å². The number of likely N-dealkylation sites (N-methyl/N-ethyl adjacent to an activating group) is 1. The van der Waals surface area contributed by atoms with Crippen molar-refractivity contribution in [2.75, 3.05) is 45.1 Å². The lowest BCUT2D eigenvalue weighted by molar-refractivity contribution is -0.118. The molecule has 3 N–H and O–H groups in total. The van der Waals surface area contributed by atoms with E-state index >= 15 is 4.39 Å². The third-order valence-electron chi connectivity index (χ3n) is 5.37. The highest BCUT2D eigenvalue weighted by atomic mass is 19.1. The number of carbonyl (C=O) groups excluding carboxylic acids is 1. The third kappa shape index (κ3) is 6.98. The molecule has 3 rings (SSSR count). The molecule has 0 fully saturated rings. The Kier molecular flexibility index (Phi) is 10.9. The van der Waals surface area contributed by atoms with Crippen molar-refractivity contribution in [1.82, 2.24) is 25.1 Å². The van der Waals surface area contributed by atoms with E-state index < -0.39 is 11.6 Å². The number of fused-ring (bicyclic) bond motifs is 1. The molecule has 34 heavy (non-hydrogen) atoms. The SMILES string of the molecule is CC.CNCCN(C=O)CCNCCc1cc2c(ncn2C)c(F)c1Nc1ccc(C)cc1F. The van der Waals surface area contributed by atoms with Crippen LogP contribution in [0.4, 0.5) is 20.2 Å². The van der Waals surface area contributed by atoms with Crippen LogP contribution < -0.4 is 16.0 Å². The van der Waals surface area contributed by atoms with Crippen LogP contribution in [0.15, 0.2) is 30.6 Å². The summed E-state index contributed by atoms with van der Waals surface area (Å²) in [4.78, 5) is 17.0. The molecule has 9 heteroatoms. The lowest BCUT2D eigenvalue weighted by atomic mass is 10.1. The van der Waals surface area contributed by atoms with Crippen molar-refractivity contribution < 1.29 is 13.6 Å². The van der Waals surface area contributed by atoms with Crippen molar-refractivity contribution in [2.24, 2.45) is 7.05 Å². The largest absolute Gasteiger partial charge is 0.350 e. The van der Waals surface area contributed by atoms with Crippen LogP contribution in [-0.2, 0) is 18.3 Å². The minimum Gasteiger partial charge on any atom is -0.350 e. The van der Waals surface area contributed by atoms with Gasteiger partial charge in [0.15, 0.2) is 5.82 Å². The molecule has 3 aromatic rings. The van der Waals surface area contributed by atoms with Crippen molar-refractivity contribution in [3.05, 3.63) is 53.4 Å². The predicted molar refractivity (Wildman–Crippen MR) is 135 cm³/mol. The van der Waals surface area contributed by atoms with Crippen LogP contribution in [0.1, 0.15) is 25.0 Å². The summed E-state index contributed by atoms with van der Waals surface area (Å²) in [5.41, 5.74) is 2.86. The van der Waals surface area contributed by atoms with Gasteiger partial charge in [-0.05, 0) is 56.3 Å². The van der Waals surface area contributed by atoms with E-state index in [0.717, 1.165) is 18.5 Å². The number of benzene rings is 2. The number of amides is 1. The van der Waals surface area contributed by atoms with E-state index in [0.29, 0.717) is 43.7 Å². The van der Waals surface area contributed by atoms with Gasteiger partial charge in [-0.15, -0.1) is 0 Å². The van der Waals surface area contributed by atoms with E-state index in [1.165, 1.54) is 6.07 Å². The molecule has 7 nitrogen and oxygen atoms in total. The molecule has 0 atom stereocenters. The van der Waals surface area contributed by atoms with Crippen molar-refractivity contribution in [2.45, 2.75) is 27.2 Å². The summed E-state index contributed by atoms with van der Waals surface area (Å²) in [6.45, 7) is 8.95. The average molecular weight is 475 g/mol. The first-order valence-corrected chi connectivity index (χ1v) is 11.6. The highest BCUT2D eigenvalue weighted by Gasteiger charge is 2.18. The molecule has 1 amide bonds.